The van der Waals surface area contributed by atoms with Gasteiger partial charge in [0.15, 0.2) is 0 Å². The molecule has 2 rings (SSSR count). The first-order valence-electron chi connectivity index (χ1n) is 7.45. The van der Waals surface area contributed by atoms with Crippen LogP contribution in [-0.4, -0.2) is 39.5 Å². The van der Waals surface area contributed by atoms with Gasteiger partial charge in [-0.3, -0.25) is 0 Å². The predicted octanol–water partition coefficient (Wildman–Crippen LogP) is 2.23. The number of nitrogens with zero attached hydrogens (tertiary/aromatic N) is 1. The van der Waals surface area contributed by atoms with Crippen LogP contribution in [0.3, 0.4) is 0 Å². The first kappa shape index (κ1) is 16.4. The number of piperidine rings is 1. The summed E-state index contributed by atoms with van der Waals surface area (Å²) in [4.78, 5) is 2.36. The quantitative estimate of drug-likeness (QED) is 0.819. The first-order valence-corrected chi connectivity index (χ1v) is 8.93. The Morgan fingerprint density at radius 2 is 2.24 bits per heavy atom. The van der Waals surface area contributed by atoms with Gasteiger partial charge in [-0.1, -0.05) is 13.0 Å². The molecule has 0 spiro atoms. The highest BCUT2D eigenvalue weighted by atomic mass is 32.2. The number of nitrogens with one attached hydrogen (secondary N) is 1. The molecule has 0 radical (unpaired) electrons. The molecule has 0 unspecified atom stereocenters. The molecule has 1 aliphatic heterocycles. The van der Waals surface area contributed by atoms with Gasteiger partial charge >= 0.3 is 0 Å². The maximum Gasteiger partial charge on any atom is 0.240 e. The van der Waals surface area contributed by atoms with E-state index in [0.717, 1.165) is 38.0 Å². The zero-order chi connectivity index (χ0) is 15.3. The highest BCUT2D eigenvalue weighted by Gasteiger charge is 2.17. The van der Waals surface area contributed by atoms with Crippen LogP contribution in [0.25, 0.3) is 0 Å². The molecule has 1 aliphatic rings. The van der Waals surface area contributed by atoms with E-state index < -0.39 is 15.8 Å². The lowest BCUT2D eigenvalue weighted by Gasteiger charge is -2.30. The van der Waals surface area contributed by atoms with Gasteiger partial charge in [-0.05, 0) is 56.5 Å². The van der Waals surface area contributed by atoms with E-state index in [9.17, 15) is 12.8 Å². The molecule has 1 aromatic carbocycles. The summed E-state index contributed by atoms with van der Waals surface area (Å²) in [5, 5.41) is 0. The number of benzene rings is 1. The van der Waals surface area contributed by atoms with Gasteiger partial charge in [-0.2, -0.15) is 0 Å². The molecule has 0 bridgehead atoms. The minimum Gasteiger partial charge on any atom is -0.303 e. The molecule has 1 aromatic rings. The second-order valence-electron chi connectivity index (χ2n) is 5.76. The maximum absolute atomic E-state index is 13.1. The molecule has 1 fully saturated rings. The van der Waals surface area contributed by atoms with Crippen LogP contribution >= 0.6 is 0 Å². The number of likely N-dealkylation sites (tertiary alicyclic amines) is 1. The molecule has 6 heteroatoms. The zero-order valence-electron chi connectivity index (χ0n) is 12.4. The second-order valence-corrected chi connectivity index (χ2v) is 7.52. The highest BCUT2D eigenvalue weighted by molar-refractivity contribution is 7.89. The third-order valence-electron chi connectivity index (χ3n) is 3.79. The smallest absolute Gasteiger partial charge is 0.240 e. The summed E-state index contributed by atoms with van der Waals surface area (Å²) >= 11 is 0. The average Bonchev–Trinajstić information content (AvgIpc) is 2.44. The Kier molecular flexibility index (Phi) is 5.72. The van der Waals surface area contributed by atoms with Crippen LogP contribution in [0.4, 0.5) is 4.39 Å². The second kappa shape index (κ2) is 7.33. The summed E-state index contributed by atoms with van der Waals surface area (Å²) < 4.78 is 39.6. The van der Waals surface area contributed by atoms with Crippen molar-refractivity contribution in [3.8, 4) is 0 Å². The SMILES string of the molecule is C[C@H]1CCCN(CCCNS(=O)(=O)c2cccc(F)c2)C1. The van der Waals surface area contributed by atoms with Gasteiger partial charge in [-0.25, -0.2) is 17.5 Å². The molecular formula is C15H23FN2O2S. The molecule has 1 heterocycles. The Bertz CT molecular complexity index is 563. The normalized spacial score (nSPS) is 20.6. The molecule has 0 aromatic heterocycles. The van der Waals surface area contributed by atoms with E-state index in [2.05, 4.69) is 16.5 Å². The summed E-state index contributed by atoms with van der Waals surface area (Å²) in [7, 11) is -3.61. The van der Waals surface area contributed by atoms with Crippen molar-refractivity contribution < 1.29 is 12.8 Å². The summed E-state index contributed by atoms with van der Waals surface area (Å²) in [6.07, 6.45) is 3.26. The van der Waals surface area contributed by atoms with Crippen LogP contribution in [0.15, 0.2) is 29.2 Å². The van der Waals surface area contributed by atoms with Gasteiger partial charge in [0, 0.05) is 13.1 Å². The third-order valence-corrected chi connectivity index (χ3v) is 5.25. The Morgan fingerprint density at radius 1 is 1.43 bits per heavy atom. The van der Waals surface area contributed by atoms with E-state index in [0.29, 0.717) is 6.54 Å². The van der Waals surface area contributed by atoms with E-state index >= 15 is 0 Å². The zero-order valence-corrected chi connectivity index (χ0v) is 13.2. The molecule has 1 N–H and O–H groups in total. The summed E-state index contributed by atoms with van der Waals surface area (Å²) in [5.74, 6) is 0.183. The van der Waals surface area contributed by atoms with Gasteiger partial charge in [0.1, 0.15) is 5.82 Å². The fourth-order valence-corrected chi connectivity index (χ4v) is 3.82. The van der Waals surface area contributed by atoms with Crippen molar-refractivity contribution in [1.82, 2.24) is 9.62 Å². The summed E-state index contributed by atoms with van der Waals surface area (Å²) in [6, 6.07) is 5.07. The Hall–Kier alpha value is -0.980. The molecule has 0 saturated carbocycles. The predicted molar refractivity (Wildman–Crippen MR) is 81.0 cm³/mol. The molecule has 0 aliphatic carbocycles. The van der Waals surface area contributed by atoms with Gasteiger partial charge in [-0.15, -0.1) is 0 Å². The van der Waals surface area contributed by atoms with Crippen LogP contribution in [0, 0.1) is 11.7 Å². The molecule has 1 atom stereocenters. The number of hydrogen-bond donors (Lipinski definition) is 1. The highest BCUT2D eigenvalue weighted by Crippen LogP contribution is 2.15. The lowest BCUT2D eigenvalue weighted by Crippen LogP contribution is -2.36. The van der Waals surface area contributed by atoms with Gasteiger partial charge in [0.05, 0.1) is 4.90 Å². The molecule has 118 valence electrons. The van der Waals surface area contributed by atoms with Gasteiger partial charge < -0.3 is 4.90 Å². The first-order chi connectivity index (χ1) is 9.97. The Labute approximate surface area is 126 Å². The number of halogens is 1. The van der Waals surface area contributed by atoms with Crippen molar-refractivity contribution in [3.63, 3.8) is 0 Å². The molecule has 0 amide bonds. The fourth-order valence-electron chi connectivity index (χ4n) is 2.72. The van der Waals surface area contributed by atoms with Gasteiger partial charge in [0.25, 0.3) is 0 Å². The van der Waals surface area contributed by atoms with Crippen LogP contribution in [0.2, 0.25) is 0 Å². The Balaban J connectivity index is 1.77. The van der Waals surface area contributed by atoms with Crippen molar-refractivity contribution in [2.75, 3.05) is 26.2 Å². The minimum absolute atomic E-state index is 0.0194. The van der Waals surface area contributed by atoms with Crippen LogP contribution in [0.1, 0.15) is 26.2 Å². The van der Waals surface area contributed by atoms with E-state index in [1.807, 2.05) is 0 Å². The standard InChI is InChI=1S/C15H23FN2O2S/c1-13-5-3-9-18(12-13)10-4-8-17-21(19,20)15-7-2-6-14(16)11-15/h2,6-7,11,13,17H,3-5,8-10,12H2,1H3/t13-/m0/s1. The van der Waals surface area contributed by atoms with E-state index in [1.54, 1.807) is 0 Å². The lowest BCUT2D eigenvalue weighted by atomic mass is 10.0. The number of hydrogen-bond acceptors (Lipinski definition) is 3. The van der Waals surface area contributed by atoms with Crippen molar-refractivity contribution in [2.45, 2.75) is 31.1 Å². The van der Waals surface area contributed by atoms with E-state index in [4.69, 9.17) is 0 Å². The third kappa shape index (κ3) is 5.05. The minimum atomic E-state index is -3.61. The van der Waals surface area contributed by atoms with Crippen LogP contribution in [0.5, 0.6) is 0 Å². The topological polar surface area (TPSA) is 49.4 Å². The van der Waals surface area contributed by atoms with E-state index in [1.165, 1.54) is 31.0 Å². The summed E-state index contributed by atoms with van der Waals surface area (Å²) in [5.41, 5.74) is 0. The molecule has 21 heavy (non-hydrogen) atoms. The summed E-state index contributed by atoms with van der Waals surface area (Å²) in [6.45, 7) is 5.72. The van der Waals surface area contributed by atoms with Crippen molar-refractivity contribution >= 4 is 10.0 Å². The maximum atomic E-state index is 13.1. The molecule has 1 saturated heterocycles. The molecule has 4 nitrogen and oxygen atoms in total. The van der Waals surface area contributed by atoms with Crippen molar-refractivity contribution in [2.24, 2.45) is 5.92 Å². The van der Waals surface area contributed by atoms with Crippen molar-refractivity contribution in [3.05, 3.63) is 30.1 Å². The largest absolute Gasteiger partial charge is 0.303 e. The number of sulfonamides is 1. The lowest BCUT2D eigenvalue weighted by molar-refractivity contribution is 0.182. The van der Waals surface area contributed by atoms with E-state index in [-0.39, 0.29) is 4.90 Å². The molecular weight excluding hydrogens is 291 g/mol. The van der Waals surface area contributed by atoms with Gasteiger partial charge in [0.2, 0.25) is 10.0 Å². The average molecular weight is 314 g/mol. The van der Waals surface area contributed by atoms with Crippen LogP contribution < -0.4 is 4.72 Å². The fraction of sp³-hybridized carbons (Fsp3) is 0.600. The van der Waals surface area contributed by atoms with Crippen LogP contribution in [-0.2, 0) is 10.0 Å². The monoisotopic (exact) mass is 314 g/mol. The van der Waals surface area contributed by atoms with Crippen molar-refractivity contribution in [1.29, 1.82) is 0 Å². The Morgan fingerprint density at radius 3 is 2.95 bits per heavy atom. The number of rotatable bonds is 6.